The van der Waals surface area contributed by atoms with Gasteiger partial charge in [0.25, 0.3) is 0 Å². The summed E-state index contributed by atoms with van der Waals surface area (Å²) in [5.74, 6) is -1.09. The van der Waals surface area contributed by atoms with Crippen LogP contribution in [0, 0.1) is 6.92 Å². The molecule has 1 amide bonds. The van der Waals surface area contributed by atoms with E-state index in [-0.39, 0.29) is 17.4 Å². The number of carboxylic acids is 1. The molecule has 4 rings (SSSR count). The Labute approximate surface area is 215 Å². The van der Waals surface area contributed by atoms with Gasteiger partial charge >= 0.3 is 5.97 Å². The Morgan fingerprint density at radius 1 is 1.24 bits per heavy atom. The maximum absolute atomic E-state index is 13.7. The van der Waals surface area contributed by atoms with Crippen molar-refractivity contribution in [2.75, 3.05) is 18.4 Å². The van der Waals surface area contributed by atoms with Crippen LogP contribution in [-0.4, -0.2) is 70.4 Å². The first kappa shape index (κ1) is 26.6. The van der Waals surface area contributed by atoms with Crippen LogP contribution in [0.3, 0.4) is 0 Å². The van der Waals surface area contributed by atoms with E-state index in [9.17, 15) is 23.1 Å². The zero-order chi connectivity index (χ0) is 26.4. The zero-order valence-electron chi connectivity index (χ0n) is 20.7. The number of aromatic amines is 1. The number of H-pyrrole nitrogens is 1. The van der Waals surface area contributed by atoms with Crippen LogP contribution < -0.4 is 10.0 Å². The predicted octanol–water partition coefficient (Wildman–Crippen LogP) is 2.66. The number of carbonyl (C=O) groups is 2. The van der Waals surface area contributed by atoms with E-state index in [1.165, 1.54) is 11.0 Å². The SMILES string of the molecule is Cc1cnc2c(S(=O)(=O)N[C@@H](CCCNc3ncc[nH]3)C(=O)N(CC(=O)O)C3CCCC3)cccc2c1. The number of aryl methyl sites for hydroxylation is 1. The van der Waals surface area contributed by atoms with Crippen molar-refractivity contribution in [3.05, 3.63) is 48.4 Å². The highest BCUT2D eigenvalue weighted by atomic mass is 32.2. The van der Waals surface area contributed by atoms with Gasteiger partial charge in [-0.3, -0.25) is 14.6 Å². The molecular weight excluding hydrogens is 496 g/mol. The molecule has 1 aliphatic rings. The standard InChI is InChI=1S/C25H32N6O5S/c1-17-14-18-6-4-10-21(23(18)29-15-17)37(35,36)30-20(9-5-11-26-25-27-12-13-28-25)24(34)31(16-22(32)33)19-7-2-3-8-19/h4,6,10,12-15,19-20,30H,2-3,5,7-9,11,16H2,1H3,(H,32,33)(H2,26,27,28)/t20-/m0/s1. The Kier molecular flexibility index (Phi) is 8.39. The zero-order valence-corrected chi connectivity index (χ0v) is 21.5. The van der Waals surface area contributed by atoms with E-state index in [1.54, 1.807) is 30.7 Å². The molecule has 0 saturated heterocycles. The normalized spacial score (nSPS) is 15.1. The van der Waals surface area contributed by atoms with Gasteiger partial charge in [0.2, 0.25) is 15.9 Å². The number of rotatable bonds is 12. The number of carbonyl (C=O) groups excluding carboxylic acids is 1. The van der Waals surface area contributed by atoms with E-state index in [4.69, 9.17) is 0 Å². The molecule has 0 spiro atoms. The number of hydrogen-bond acceptors (Lipinski definition) is 7. The van der Waals surface area contributed by atoms with E-state index >= 15 is 0 Å². The van der Waals surface area contributed by atoms with Crippen LogP contribution in [0.4, 0.5) is 5.95 Å². The molecule has 1 saturated carbocycles. The molecule has 37 heavy (non-hydrogen) atoms. The fourth-order valence-electron chi connectivity index (χ4n) is 4.77. The minimum absolute atomic E-state index is 0.0258. The summed E-state index contributed by atoms with van der Waals surface area (Å²) in [5.41, 5.74) is 1.21. The van der Waals surface area contributed by atoms with Gasteiger partial charge in [-0.05, 0) is 50.3 Å². The molecule has 1 fully saturated rings. The highest BCUT2D eigenvalue weighted by Gasteiger charge is 2.35. The maximum atomic E-state index is 13.7. The number of fused-ring (bicyclic) bond motifs is 1. The number of benzene rings is 1. The summed E-state index contributed by atoms with van der Waals surface area (Å²) in [6.07, 6.45) is 8.69. The molecule has 4 N–H and O–H groups in total. The molecule has 0 bridgehead atoms. The number of imidazole rings is 1. The number of carboxylic acid groups (broad SMARTS) is 1. The fourth-order valence-corrected chi connectivity index (χ4v) is 6.17. The number of para-hydroxylation sites is 1. The maximum Gasteiger partial charge on any atom is 0.323 e. The molecule has 198 valence electrons. The first-order valence-corrected chi connectivity index (χ1v) is 13.9. The van der Waals surface area contributed by atoms with E-state index in [0.29, 0.717) is 42.7 Å². The van der Waals surface area contributed by atoms with Gasteiger partial charge in [0.05, 0.1) is 5.52 Å². The molecular formula is C25H32N6O5S. The number of pyridine rings is 1. The molecule has 1 atom stereocenters. The lowest BCUT2D eigenvalue weighted by atomic mass is 10.1. The van der Waals surface area contributed by atoms with Crippen LogP contribution in [0.1, 0.15) is 44.1 Å². The van der Waals surface area contributed by atoms with Crippen LogP contribution in [-0.2, 0) is 19.6 Å². The number of nitrogens with one attached hydrogen (secondary N) is 3. The number of anilines is 1. The average molecular weight is 529 g/mol. The Hall–Kier alpha value is -3.51. The summed E-state index contributed by atoms with van der Waals surface area (Å²) in [6, 6.07) is 5.37. The van der Waals surface area contributed by atoms with Gasteiger partial charge in [-0.25, -0.2) is 13.4 Å². The molecule has 0 unspecified atom stereocenters. The number of nitrogens with zero attached hydrogens (tertiary/aromatic N) is 3. The third-order valence-corrected chi connectivity index (χ3v) is 8.01. The molecule has 1 aliphatic carbocycles. The van der Waals surface area contributed by atoms with Gasteiger partial charge in [0.1, 0.15) is 17.5 Å². The van der Waals surface area contributed by atoms with Crippen molar-refractivity contribution in [2.45, 2.75) is 62.4 Å². The number of hydrogen-bond donors (Lipinski definition) is 4. The second-order valence-electron chi connectivity index (χ2n) is 9.32. The summed E-state index contributed by atoms with van der Waals surface area (Å²) in [7, 11) is -4.16. The lowest BCUT2D eigenvalue weighted by Gasteiger charge is -2.31. The number of amides is 1. The van der Waals surface area contributed by atoms with Crippen LogP contribution in [0.15, 0.2) is 47.8 Å². The minimum atomic E-state index is -4.16. The Morgan fingerprint density at radius 3 is 2.73 bits per heavy atom. The smallest absolute Gasteiger partial charge is 0.323 e. The van der Waals surface area contributed by atoms with Gasteiger partial charge in [0, 0.05) is 36.6 Å². The molecule has 2 heterocycles. The Bertz CT molecular complexity index is 1340. The molecule has 1 aromatic carbocycles. The van der Waals surface area contributed by atoms with Crippen LogP contribution in [0.2, 0.25) is 0 Å². The van der Waals surface area contributed by atoms with Gasteiger partial charge in [-0.2, -0.15) is 4.72 Å². The topological polar surface area (TPSA) is 157 Å². The highest BCUT2D eigenvalue weighted by molar-refractivity contribution is 7.89. The van der Waals surface area contributed by atoms with E-state index in [2.05, 4.69) is 25.0 Å². The van der Waals surface area contributed by atoms with Crippen molar-refractivity contribution in [1.82, 2.24) is 24.6 Å². The van der Waals surface area contributed by atoms with Crippen molar-refractivity contribution in [3.63, 3.8) is 0 Å². The lowest BCUT2D eigenvalue weighted by Crippen LogP contribution is -2.52. The number of sulfonamides is 1. The van der Waals surface area contributed by atoms with Crippen molar-refractivity contribution < 1.29 is 23.1 Å². The molecule has 0 aliphatic heterocycles. The van der Waals surface area contributed by atoms with Gasteiger partial charge < -0.3 is 20.3 Å². The van der Waals surface area contributed by atoms with E-state index in [1.807, 2.05) is 13.0 Å². The average Bonchev–Trinajstić information content (AvgIpc) is 3.58. The van der Waals surface area contributed by atoms with E-state index < -0.39 is 34.5 Å². The largest absolute Gasteiger partial charge is 0.480 e. The Morgan fingerprint density at radius 2 is 2.03 bits per heavy atom. The first-order chi connectivity index (χ1) is 17.7. The third-order valence-electron chi connectivity index (χ3n) is 6.51. The van der Waals surface area contributed by atoms with Crippen molar-refractivity contribution in [1.29, 1.82) is 0 Å². The van der Waals surface area contributed by atoms with Gasteiger partial charge in [-0.1, -0.05) is 25.0 Å². The van der Waals surface area contributed by atoms with E-state index in [0.717, 1.165) is 18.4 Å². The van der Waals surface area contributed by atoms with Crippen LogP contribution >= 0.6 is 0 Å². The monoisotopic (exact) mass is 528 g/mol. The summed E-state index contributed by atoms with van der Waals surface area (Å²) in [6.45, 7) is 1.84. The van der Waals surface area contributed by atoms with Gasteiger partial charge in [0.15, 0.2) is 5.95 Å². The predicted molar refractivity (Wildman–Crippen MR) is 139 cm³/mol. The third kappa shape index (κ3) is 6.63. The van der Waals surface area contributed by atoms with Crippen molar-refractivity contribution in [2.24, 2.45) is 0 Å². The molecule has 0 radical (unpaired) electrons. The Balaban J connectivity index is 1.59. The summed E-state index contributed by atoms with van der Waals surface area (Å²) in [5, 5.41) is 13.2. The summed E-state index contributed by atoms with van der Waals surface area (Å²) < 4.78 is 29.7. The number of aliphatic carboxylic acids is 1. The first-order valence-electron chi connectivity index (χ1n) is 12.4. The molecule has 2 aromatic heterocycles. The van der Waals surface area contributed by atoms with Crippen LogP contribution in [0.5, 0.6) is 0 Å². The quantitative estimate of drug-likeness (QED) is 0.261. The second-order valence-corrected chi connectivity index (χ2v) is 11.0. The summed E-state index contributed by atoms with van der Waals surface area (Å²) in [4.78, 5) is 37.9. The molecule has 3 aromatic rings. The number of aromatic nitrogens is 3. The minimum Gasteiger partial charge on any atom is -0.480 e. The highest BCUT2D eigenvalue weighted by Crippen LogP contribution is 2.26. The summed E-state index contributed by atoms with van der Waals surface area (Å²) >= 11 is 0. The fraction of sp³-hybridized carbons (Fsp3) is 0.440. The van der Waals surface area contributed by atoms with Crippen molar-refractivity contribution in [3.8, 4) is 0 Å². The second kappa shape index (κ2) is 11.7. The lowest BCUT2D eigenvalue weighted by molar-refractivity contribution is -0.147. The van der Waals surface area contributed by atoms with Gasteiger partial charge in [-0.15, -0.1) is 0 Å². The van der Waals surface area contributed by atoms with Crippen molar-refractivity contribution >= 4 is 38.8 Å². The molecule has 11 nitrogen and oxygen atoms in total. The van der Waals surface area contributed by atoms with Crippen LogP contribution in [0.25, 0.3) is 10.9 Å². The molecule has 12 heteroatoms.